The molecular formula is C36H30N4O4. The second-order valence-corrected chi connectivity index (χ2v) is 9.66. The fraction of sp³-hybridized carbons (Fsp3) is 0.0556. The van der Waals surface area contributed by atoms with Crippen LogP contribution >= 0.6 is 0 Å². The molecule has 0 unspecified atom stereocenters. The first-order valence-electron chi connectivity index (χ1n) is 13.9. The number of carbonyl (C=O) groups is 2. The number of ether oxygens (including phenoxy) is 2. The first-order chi connectivity index (χ1) is 21.6. The van der Waals surface area contributed by atoms with Crippen LogP contribution in [-0.4, -0.2) is 24.2 Å². The molecule has 8 nitrogen and oxygen atoms in total. The van der Waals surface area contributed by atoms with E-state index < -0.39 is 11.8 Å². The minimum Gasteiger partial charge on any atom is -0.489 e. The van der Waals surface area contributed by atoms with Crippen LogP contribution < -0.4 is 20.3 Å². The van der Waals surface area contributed by atoms with Gasteiger partial charge in [-0.3, -0.25) is 9.59 Å². The Hall–Kier alpha value is -6.02. The Bertz CT molecular complexity index is 1570. The fourth-order valence-corrected chi connectivity index (χ4v) is 4.01. The highest BCUT2D eigenvalue weighted by atomic mass is 16.5. The van der Waals surface area contributed by atoms with Crippen LogP contribution in [-0.2, 0) is 13.2 Å². The van der Waals surface area contributed by atoms with Gasteiger partial charge in [0.1, 0.15) is 24.7 Å². The summed E-state index contributed by atoms with van der Waals surface area (Å²) in [7, 11) is 0. The summed E-state index contributed by atoms with van der Waals surface area (Å²) < 4.78 is 11.6. The fourth-order valence-electron chi connectivity index (χ4n) is 4.01. The first-order valence-corrected chi connectivity index (χ1v) is 13.9. The Morgan fingerprint density at radius 3 is 1.23 bits per heavy atom. The summed E-state index contributed by atoms with van der Waals surface area (Å²) in [6, 6.07) is 40.8. The van der Waals surface area contributed by atoms with Gasteiger partial charge in [-0.15, -0.1) is 0 Å². The van der Waals surface area contributed by atoms with Crippen LogP contribution in [0, 0.1) is 0 Å². The summed E-state index contributed by atoms with van der Waals surface area (Å²) >= 11 is 0. The van der Waals surface area contributed by atoms with E-state index in [1.54, 1.807) is 36.7 Å². The predicted octanol–water partition coefficient (Wildman–Crippen LogP) is 6.37. The van der Waals surface area contributed by atoms with E-state index in [-0.39, 0.29) is 0 Å². The molecule has 44 heavy (non-hydrogen) atoms. The maximum atomic E-state index is 12.5. The van der Waals surface area contributed by atoms with Gasteiger partial charge in [0.25, 0.3) is 11.8 Å². The molecule has 2 N–H and O–H groups in total. The average molecular weight is 583 g/mol. The lowest BCUT2D eigenvalue weighted by atomic mass is 10.1. The second kappa shape index (κ2) is 15.3. The third-order valence-electron chi connectivity index (χ3n) is 6.43. The van der Waals surface area contributed by atoms with E-state index in [9.17, 15) is 9.59 Å². The number of hydrogen-bond donors (Lipinski definition) is 2. The van der Waals surface area contributed by atoms with Gasteiger partial charge in [-0.05, 0) is 95.1 Å². The van der Waals surface area contributed by atoms with Gasteiger partial charge in [0.15, 0.2) is 0 Å². The number of amides is 2. The molecule has 0 bridgehead atoms. The molecule has 0 saturated heterocycles. The molecule has 0 aliphatic carbocycles. The molecule has 5 aromatic carbocycles. The Balaban J connectivity index is 1.04. The van der Waals surface area contributed by atoms with Gasteiger partial charge in [-0.2, -0.15) is 10.2 Å². The lowest BCUT2D eigenvalue weighted by molar-refractivity contribution is 0.0943. The molecule has 0 atom stereocenters. The zero-order valence-electron chi connectivity index (χ0n) is 23.8. The zero-order chi connectivity index (χ0) is 30.4. The highest BCUT2D eigenvalue weighted by molar-refractivity contribution is 5.98. The first kappa shape index (κ1) is 29.5. The van der Waals surface area contributed by atoms with E-state index in [1.165, 1.54) is 0 Å². The normalized spacial score (nSPS) is 10.9. The van der Waals surface area contributed by atoms with Gasteiger partial charge in [0, 0.05) is 11.1 Å². The van der Waals surface area contributed by atoms with Gasteiger partial charge >= 0.3 is 0 Å². The SMILES string of the molecule is O=C(N/N=C/c1ccc(OCc2ccccc2)cc1)c1ccc(C(=O)N/N=C/c2ccc(OCc3ccccc3)cc2)cc1. The standard InChI is InChI=1S/C36H30N4O4/c41-35(39-37-23-27-11-19-33(20-12-27)43-25-29-7-3-1-4-8-29)31-15-17-32(18-16-31)36(42)40-38-24-28-13-21-34(22-14-28)44-26-30-9-5-2-6-10-30/h1-24H,25-26H2,(H,39,41)(H,40,42)/b37-23+,38-24+. The van der Waals surface area contributed by atoms with Crippen molar-refractivity contribution in [3.8, 4) is 11.5 Å². The summed E-state index contributed by atoms with van der Waals surface area (Å²) in [6.07, 6.45) is 3.09. The number of rotatable bonds is 12. The lowest BCUT2D eigenvalue weighted by Crippen LogP contribution is -2.19. The highest BCUT2D eigenvalue weighted by Crippen LogP contribution is 2.15. The minimum absolute atomic E-state index is 0.362. The molecule has 5 rings (SSSR count). The topological polar surface area (TPSA) is 101 Å². The van der Waals surface area contributed by atoms with Crippen LogP contribution in [0.3, 0.4) is 0 Å². The minimum atomic E-state index is -0.398. The smallest absolute Gasteiger partial charge is 0.271 e. The third kappa shape index (κ3) is 8.99. The number of hydrogen-bond acceptors (Lipinski definition) is 6. The van der Waals surface area contributed by atoms with E-state index in [0.29, 0.717) is 24.3 Å². The molecule has 218 valence electrons. The van der Waals surface area contributed by atoms with Gasteiger partial charge in [0.05, 0.1) is 12.4 Å². The van der Waals surface area contributed by atoms with Gasteiger partial charge in [-0.25, -0.2) is 10.9 Å². The molecule has 0 aromatic heterocycles. The van der Waals surface area contributed by atoms with Crippen molar-refractivity contribution in [2.24, 2.45) is 10.2 Å². The molecule has 0 saturated carbocycles. The maximum absolute atomic E-state index is 12.5. The van der Waals surface area contributed by atoms with E-state index >= 15 is 0 Å². The molecule has 0 spiro atoms. The average Bonchev–Trinajstić information content (AvgIpc) is 3.08. The van der Waals surface area contributed by atoms with Crippen molar-refractivity contribution < 1.29 is 19.1 Å². The number of nitrogens with one attached hydrogen (secondary N) is 2. The molecule has 5 aromatic rings. The van der Waals surface area contributed by atoms with Crippen molar-refractivity contribution in [2.75, 3.05) is 0 Å². The van der Waals surface area contributed by atoms with Crippen LogP contribution in [0.5, 0.6) is 11.5 Å². The summed E-state index contributed by atoms with van der Waals surface area (Å²) in [6.45, 7) is 0.970. The molecule has 8 heteroatoms. The van der Waals surface area contributed by atoms with Gasteiger partial charge in [0.2, 0.25) is 0 Å². The number of carbonyl (C=O) groups excluding carboxylic acids is 2. The largest absolute Gasteiger partial charge is 0.489 e. The van der Waals surface area contributed by atoms with Gasteiger partial charge < -0.3 is 9.47 Å². The third-order valence-corrected chi connectivity index (χ3v) is 6.43. The van der Waals surface area contributed by atoms with Crippen LogP contribution in [0.4, 0.5) is 0 Å². The van der Waals surface area contributed by atoms with E-state index in [4.69, 9.17) is 9.47 Å². The molecule has 2 amide bonds. The van der Waals surface area contributed by atoms with Crippen molar-refractivity contribution in [1.82, 2.24) is 10.9 Å². The summed E-state index contributed by atoms with van der Waals surface area (Å²) in [5.74, 6) is 0.683. The van der Waals surface area contributed by atoms with Crippen molar-refractivity contribution in [2.45, 2.75) is 13.2 Å². The summed E-state index contributed by atoms with van der Waals surface area (Å²) in [4.78, 5) is 25.0. The Labute approximate surface area is 255 Å². The Morgan fingerprint density at radius 1 is 0.500 bits per heavy atom. The molecule has 0 heterocycles. The monoisotopic (exact) mass is 582 g/mol. The van der Waals surface area contributed by atoms with E-state index in [1.807, 2.05) is 109 Å². The van der Waals surface area contributed by atoms with Crippen LogP contribution in [0.25, 0.3) is 0 Å². The van der Waals surface area contributed by atoms with Crippen molar-refractivity contribution in [3.05, 3.63) is 167 Å². The number of nitrogens with zero attached hydrogens (tertiary/aromatic N) is 2. The summed E-state index contributed by atoms with van der Waals surface area (Å²) in [5.41, 5.74) is 9.50. The maximum Gasteiger partial charge on any atom is 0.271 e. The zero-order valence-corrected chi connectivity index (χ0v) is 23.8. The van der Waals surface area contributed by atoms with E-state index in [0.717, 1.165) is 33.8 Å². The van der Waals surface area contributed by atoms with Gasteiger partial charge in [-0.1, -0.05) is 60.7 Å². The number of benzene rings is 5. The predicted molar refractivity (Wildman–Crippen MR) is 171 cm³/mol. The molecule has 0 aliphatic rings. The molecular weight excluding hydrogens is 552 g/mol. The highest BCUT2D eigenvalue weighted by Gasteiger charge is 2.08. The Kier molecular flexibility index (Phi) is 10.2. The molecule has 0 radical (unpaired) electrons. The quantitative estimate of drug-likeness (QED) is 0.132. The Morgan fingerprint density at radius 2 is 0.864 bits per heavy atom. The lowest BCUT2D eigenvalue weighted by Gasteiger charge is -2.06. The van der Waals surface area contributed by atoms with E-state index in [2.05, 4.69) is 21.1 Å². The van der Waals surface area contributed by atoms with Crippen LogP contribution in [0.2, 0.25) is 0 Å². The van der Waals surface area contributed by atoms with Crippen molar-refractivity contribution >= 4 is 24.2 Å². The van der Waals surface area contributed by atoms with Crippen LogP contribution in [0.1, 0.15) is 43.0 Å². The molecule has 0 aliphatic heterocycles. The summed E-state index contributed by atoms with van der Waals surface area (Å²) in [5, 5.41) is 8.05. The molecule has 0 fully saturated rings. The number of hydrazone groups is 2. The van der Waals surface area contributed by atoms with Crippen LogP contribution in [0.15, 0.2) is 144 Å². The van der Waals surface area contributed by atoms with Crippen molar-refractivity contribution in [3.63, 3.8) is 0 Å². The van der Waals surface area contributed by atoms with Crippen molar-refractivity contribution in [1.29, 1.82) is 0 Å². The second-order valence-electron chi connectivity index (χ2n) is 9.66.